The minimum atomic E-state index is -0.250. The number of rotatable bonds is 11. The van der Waals surface area contributed by atoms with E-state index in [4.69, 9.17) is 4.74 Å². The van der Waals surface area contributed by atoms with Crippen molar-refractivity contribution in [1.29, 1.82) is 0 Å². The lowest BCUT2D eigenvalue weighted by Crippen LogP contribution is -2.45. The van der Waals surface area contributed by atoms with Crippen molar-refractivity contribution in [3.63, 3.8) is 0 Å². The Kier molecular flexibility index (Phi) is 7.96. The maximum absolute atomic E-state index is 12.2. The molecule has 1 aliphatic heterocycles. The molecule has 2 aromatic rings. The van der Waals surface area contributed by atoms with Gasteiger partial charge in [0.25, 0.3) is 0 Å². The molecule has 0 saturated heterocycles. The molecule has 0 unspecified atom stereocenters. The van der Waals surface area contributed by atoms with E-state index in [1.165, 1.54) is 81.5 Å². The molecule has 0 radical (unpaired) electrons. The largest absolute Gasteiger partial charge is 0.468 e. The van der Waals surface area contributed by atoms with Crippen molar-refractivity contribution in [3.8, 4) is 0 Å². The molecule has 0 fully saturated rings. The van der Waals surface area contributed by atoms with Gasteiger partial charge >= 0.3 is 5.97 Å². The number of hydrogen-bond acceptors (Lipinski definition) is 3. The molecule has 4 heteroatoms. The van der Waals surface area contributed by atoms with E-state index in [-0.39, 0.29) is 18.1 Å². The molecule has 0 bridgehead atoms. The first-order valence-electron chi connectivity index (χ1n) is 11.2. The highest BCUT2D eigenvalue weighted by Crippen LogP contribution is 2.34. The van der Waals surface area contributed by atoms with Crippen LogP contribution in [-0.2, 0) is 16.0 Å². The summed E-state index contributed by atoms with van der Waals surface area (Å²) in [6.07, 6.45) is 13.7. The van der Waals surface area contributed by atoms with Crippen LogP contribution in [0, 0.1) is 0 Å². The van der Waals surface area contributed by atoms with E-state index in [0.29, 0.717) is 6.42 Å². The van der Waals surface area contributed by atoms with Gasteiger partial charge in [-0.3, -0.25) is 10.1 Å². The second kappa shape index (κ2) is 10.7. The first kappa shape index (κ1) is 20.9. The number of fused-ring (bicyclic) bond motifs is 3. The second-order valence-corrected chi connectivity index (χ2v) is 8.18. The number of esters is 1. The monoisotopic (exact) mass is 384 g/mol. The summed E-state index contributed by atoms with van der Waals surface area (Å²) in [5, 5.41) is 4.78. The van der Waals surface area contributed by atoms with E-state index >= 15 is 0 Å². The van der Waals surface area contributed by atoms with Crippen LogP contribution in [-0.4, -0.2) is 24.1 Å². The summed E-state index contributed by atoms with van der Waals surface area (Å²) >= 11 is 0. The van der Waals surface area contributed by atoms with Gasteiger partial charge in [0.2, 0.25) is 0 Å². The van der Waals surface area contributed by atoms with Gasteiger partial charge in [-0.15, -0.1) is 0 Å². The van der Waals surface area contributed by atoms with Crippen LogP contribution in [0.5, 0.6) is 0 Å². The van der Waals surface area contributed by atoms with Crippen molar-refractivity contribution in [2.75, 3.05) is 7.11 Å². The van der Waals surface area contributed by atoms with Crippen LogP contribution in [0.3, 0.4) is 0 Å². The van der Waals surface area contributed by atoms with Gasteiger partial charge in [-0.05, 0) is 18.1 Å². The van der Waals surface area contributed by atoms with Gasteiger partial charge in [0.05, 0.1) is 7.11 Å². The predicted molar refractivity (Wildman–Crippen MR) is 116 cm³/mol. The number of H-pyrrole nitrogens is 1. The van der Waals surface area contributed by atoms with Gasteiger partial charge in [0.15, 0.2) is 0 Å². The third-order valence-electron chi connectivity index (χ3n) is 6.09. The van der Waals surface area contributed by atoms with E-state index < -0.39 is 0 Å². The zero-order valence-electron chi connectivity index (χ0n) is 17.6. The van der Waals surface area contributed by atoms with E-state index in [9.17, 15) is 4.79 Å². The topological polar surface area (TPSA) is 54.1 Å². The van der Waals surface area contributed by atoms with Crippen LogP contribution in [0.2, 0.25) is 0 Å². The lowest BCUT2D eigenvalue weighted by Gasteiger charge is -2.30. The lowest BCUT2D eigenvalue weighted by atomic mass is 9.91. The molecule has 0 aliphatic carbocycles. The Hall–Kier alpha value is -1.81. The molecule has 1 aromatic heterocycles. The number of para-hydroxylation sites is 1. The zero-order chi connectivity index (χ0) is 19.8. The summed E-state index contributed by atoms with van der Waals surface area (Å²) in [6, 6.07) is 8.35. The SMILES string of the molecule is CCCCCCCCCCC[C@H]1N[C@H](C(=O)OC)Cc2c1[nH]c1ccccc21. The van der Waals surface area contributed by atoms with Crippen molar-refractivity contribution < 1.29 is 9.53 Å². The first-order chi connectivity index (χ1) is 13.7. The fraction of sp³-hybridized carbons (Fsp3) is 0.625. The Morgan fingerprint density at radius 1 is 1.04 bits per heavy atom. The average molecular weight is 385 g/mol. The number of methoxy groups -OCH3 is 1. The standard InChI is InChI=1S/C24H36N2O2/c1-3-4-5-6-7-8-9-10-11-16-21-23-19(17-22(25-21)24(27)28-2)18-14-12-13-15-20(18)26-23/h12-15,21-22,25-26H,3-11,16-17H2,1-2H3/t21-,22+/m1/s1. The van der Waals surface area contributed by atoms with Crippen molar-refractivity contribution in [3.05, 3.63) is 35.5 Å². The van der Waals surface area contributed by atoms with Gasteiger partial charge in [0.1, 0.15) is 6.04 Å². The molecule has 2 heterocycles. The molecule has 4 nitrogen and oxygen atoms in total. The number of ether oxygens (including phenoxy) is 1. The number of carbonyl (C=O) groups is 1. The molecular formula is C24H36N2O2. The molecule has 0 spiro atoms. The summed E-state index contributed by atoms with van der Waals surface area (Å²) in [5.41, 5.74) is 3.71. The molecule has 28 heavy (non-hydrogen) atoms. The molecule has 1 aliphatic rings. The Labute approximate surface area is 169 Å². The van der Waals surface area contributed by atoms with Gasteiger partial charge in [-0.25, -0.2) is 0 Å². The van der Waals surface area contributed by atoms with Crippen LogP contribution in [0.15, 0.2) is 24.3 Å². The quantitative estimate of drug-likeness (QED) is 0.379. The number of nitrogens with one attached hydrogen (secondary N) is 2. The van der Waals surface area contributed by atoms with Crippen LogP contribution < -0.4 is 5.32 Å². The third-order valence-corrected chi connectivity index (χ3v) is 6.09. The third kappa shape index (κ3) is 5.16. The molecular weight excluding hydrogens is 348 g/mol. The smallest absolute Gasteiger partial charge is 0.323 e. The number of carbonyl (C=O) groups excluding carboxylic acids is 1. The van der Waals surface area contributed by atoms with Crippen LogP contribution in [0.1, 0.15) is 88.4 Å². The summed E-state index contributed by atoms with van der Waals surface area (Å²) in [5.74, 6) is -0.159. The minimum Gasteiger partial charge on any atom is -0.468 e. The number of hydrogen-bond donors (Lipinski definition) is 2. The maximum Gasteiger partial charge on any atom is 0.323 e. The summed E-state index contributed by atoms with van der Waals surface area (Å²) < 4.78 is 5.03. The van der Waals surface area contributed by atoms with Crippen LogP contribution >= 0.6 is 0 Å². The number of unbranched alkanes of at least 4 members (excludes halogenated alkanes) is 8. The maximum atomic E-state index is 12.2. The van der Waals surface area contributed by atoms with Crippen molar-refractivity contribution in [2.45, 2.75) is 89.6 Å². The van der Waals surface area contributed by atoms with E-state index in [1.54, 1.807) is 0 Å². The summed E-state index contributed by atoms with van der Waals surface area (Å²) in [7, 11) is 1.48. The van der Waals surface area contributed by atoms with E-state index in [2.05, 4.69) is 41.5 Å². The Balaban J connectivity index is 1.55. The molecule has 1 aromatic carbocycles. The highest BCUT2D eigenvalue weighted by molar-refractivity contribution is 5.87. The number of aromatic amines is 1. The fourth-order valence-corrected chi connectivity index (χ4v) is 4.51. The Bertz CT molecular complexity index is 752. The fourth-order valence-electron chi connectivity index (χ4n) is 4.51. The van der Waals surface area contributed by atoms with Gasteiger partial charge in [0, 0.05) is 29.1 Å². The minimum absolute atomic E-state index is 0.159. The lowest BCUT2D eigenvalue weighted by molar-refractivity contribution is -0.143. The van der Waals surface area contributed by atoms with Gasteiger partial charge in [-0.1, -0.05) is 82.9 Å². The van der Waals surface area contributed by atoms with Crippen LogP contribution in [0.25, 0.3) is 10.9 Å². The Morgan fingerprint density at radius 2 is 1.71 bits per heavy atom. The predicted octanol–water partition coefficient (Wildman–Crippen LogP) is 5.82. The molecule has 0 amide bonds. The number of benzene rings is 1. The highest BCUT2D eigenvalue weighted by Gasteiger charge is 2.33. The summed E-state index contributed by atoms with van der Waals surface area (Å²) in [6.45, 7) is 2.27. The molecule has 3 rings (SSSR count). The normalized spacial score (nSPS) is 18.9. The van der Waals surface area contributed by atoms with Crippen molar-refractivity contribution >= 4 is 16.9 Å². The van der Waals surface area contributed by atoms with Crippen molar-refractivity contribution in [1.82, 2.24) is 10.3 Å². The molecule has 2 N–H and O–H groups in total. The van der Waals surface area contributed by atoms with Gasteiger partial charge < -0.3 is 9.72 Å². The molecule has 2 atom stereocenters. The number of aromatic nitrogens is 1. The van der Waals surface area contributed by atoms with E-state index in [0.717, 1.165) is 11.9 Å². The highest BCUT2D eigenvalue weighted by atomic mass is 16.5. The molecule has 154 valence electrons. The summed E-state index contributed by atoms with van der Waals surface area (Å²) in [4.78, 5) is 15.8. The van der Waals surface area contributed by atoms with Crippen LogP contribution in [0.4, 0.5) is 0 Å². The van der Waals surface area contributed by atoms with E-state index in [1.807, 2.05) is 0 Å². The molecule has 0 saturated carbocycles. The van der Waals surface area contributed by atoms with Crippen molar-refractivity contribution in [2.24, 2.45) is 0 Å². The average Bonchev–Trinajstić information content (AvgIpc) is 3.10. The van der Waals surface area contributed by atoms with Gasteiger partial charge in [-0.2, -0.15) is 0 Å². The first-order valence-corrected chi connectivity index (χ1v) is 11.2. The second-order valence-electron chi connectivity index (χ2n) is 8.18. The Morgan fingerprint density at radius 3 is 2.43 bits per heavy atom. The zero-order valence-corrected chi connectivity index (χ0v) is 17.6.